The van der Waals surface area contributed by atoms with Crippen molar-refractivity contribution in [2.24, 2.45) is 5.14 Å². The van der Waals surface area contributed by atoms with E-state index in [1.807, 2.05) is 6.92 Å². The smallest absolute Gasteiger partial charge is 0.251 e. The molecule has 0 unspecified atom stereocenters. The maximum atomic E-state index is 11.6. The van der Waals surface area contributed by atoms with Crippen molar-refractivity contribution in [3.8, 4) is 0 Å². The van der Waals surface area contributed by atoms with Crippen LogP contribution >= 0.6 is 15.9 Å². The van der Waals surface area contributed by atoms with E-state index in [4.69, 9.17) is 5.14 Å². The second-order valence-electron chi connectivity index (χ2n) is 3.45. The zero-order chi connectivity index (χ0) is 13.1. The first kappa shape index (κ1) is 14.1. The third-order valence-electron chi connectivity index (χ3n) is 2.04. The van der Waals surface area contributed by atoms with Crippen LogP contribution in [-0.4, -0.2) is 20.9 Å². The normalized spacial score (nSPS) is 11.2. The van der Waals surface area contributed by atoms with Gasteiger partial charge in [-0.1, -0.05) is 6.92 Å². The van der Waals surface area contributed by atoms with Crippen LogP contribution in [0.25, 0.3) is 0 Å². The van der Waals surface area contributed by atoms with Gasteiger partial charge in [-0.15, -0.1) is 0 Å². The molecule has 0 atom stereocenters. The van der Waals surface area contributed by atoms with Crippen molar-refractivity contribution in [3.05, 3.63) is 28.2 Å². The number of primary sulfonamides is 1. The minimum atomic E-state index is -3.84. The summed E-state index contributed by atoms with van der Waals surface area (Å²) >= 11 is 3.08. The lowest BCUT2D eigenvalue weighted by atomic mass is 10.2. The quantitative estimate of drug-likeness (QED) is 0.874. The summed E-state index contributed by atoms with van der Waals surface area (Å²) in [6, 6.07) is 4.27. The van der Waals surface area contributed by atoms with Gasteiger partial charge in [-0.25, -0.2) is 13.6 Å². The Hall–Kier alpha value is -0.920. The molecule has 1 aromatic rings. The number of carbonyl (C=O) groups excluding carboxylic acids is 1. The third kappa shape index (κ3) is 3.79. The fraction of sp³-hybridized carbons (Fsp3) is 0.300. The van der Waals surface area contributed by atoms with E-state index in [2.05, 4.69) is 21.2 Å². The fourth-order valence-electron chi connectivity index (χ4n) is 1.20. The first-order chi connectivity index (χ1) is 7.86. The highest BCUT2D eigenvalue weighted by atomic mass is 79.9. The number of carbonyl (C=O) groups is 1. The van der Waals surface area contributed by atoms with Crippen molar-refractivity contribution in [2.45, 2.75) is 18.2 Å². The van der Waals surface area contributed by atoms with Gasteiger partial charge in [0, 0.05) is 16.6 Å². The van der Waals surface area contributed by atoms with Crippen LogP contribution in [0.3, 0.4) is 0 Å². The molecule has 0 aliphatic carbocycles. The molecule has 0 aliphatic heterocycles. The van der Waals surface area contributed by atoms with Crippen LogP contribution in [0.4, 0.5) is 0 Å². The van der Waals surface area contributed by atoms with Gasteiger partial charge in [0.2, 0.25) is 10.0 Å². The van der Waals surface area contributed by atoms with Crippen LogP contribution in [0.5, 0.6) is 0 Å². The minimum absolute atomic E-state index is 0.0957. The monoisotopic (exact) mass is 320 g/mol. The molecule has 0 aliphatic rings. The summed E-state index contributed by atoms with van der Waals surface area (Å²) in [6.45, 7) is 2.47. The van der Waals surface area contributed by atoms with Gasteiger partial charge in [-0.3, -0.25) is 4.79 Å². The Morgan fingerprint density at radius 2 is 2.12 bits per heavy atom. The second kappa shape index (κ2) is 5.61. The number of rotatable bonds is 4. The topological polar surface area (TPSA) is 89.3 Å². The largest absolute Gasteiger partial charge is 0.352 e. The van der Waals surface area contributed by atoms with Crippen molar-refractivity contribution in [1.29, 1.82) is 0 Å². The molecule has 0 aromatic heterocycles. The Morgan fingerprint density at radius 3 is 2.65 bits per heavy atom. The zero-order valence-corrected chi connectivity index (χ0v) is 11.6. The van der Waals surface area contributed by atoms with Gasteiger partial charge in [-0.2, -0.15) is 0 Å². The molecule has 0 bridgehead atoms. The summed E-state index contributed by atoms with van der Waals surface area (Å²) in [7, 11) is -3.84. The van der Waals surface area contributed by atoms with E-state index < -0.39 is 10.0 Å². The van der Waals surface area contributed by atoms with Crippen LogP contribution < -0.4 is 10.5 Å². The highest BCUT2D eigenvalue weighted by molar-refractivity contribution is 9.10. The van der Waals surface area contributed by atoms with Gasteiger partial charge in [0.15, 0.2) is 0 Å². The predicted octanol–water partition coefficient (Wildman–Crippen LogP) is 1.24. The third-order valence-corrected chi connectivity index (χ3v) is 3.94. The summed E-state index contributed by atoms with van der Waals surface area (Å²) in [5.41, 5.74) is 0.269. The summed E-state index contributed by atoms with van der Waals surface area (Å²) in [6.07, 6.45) is 0.810. The molecule has 0 spiro atoms. The molecular weight excluding hydrogens is 308 g/mol. The van der Waals surface area contributed by atoms with Crippen molar-refractivity contribution in [3.63, 3.8) is 0 Å². The molecule has 0 fully saturated rings. The van der Waals surface area contributed by atoms with Gasteiger partial charge in [0.25, 0.3) is 5.91 Å². The maximum absolute atomic E-state index is 11.6. The van der Waals surface area contributed by atoms with Gasteiger partial charge >= 0.3 is 0 Å². The molecule has 17 heavy (non-hydrogen) atoms. The van der Waals surface area contributed by atoms with Gasteiger partial charge in [0.05, 0.1) is 4.90 Å². The first-order valence-corrected chi connectivity index (χ1v) is 7.30. The Bertz CT molecular complexity index is 528. The summed E-state index contributed by atoms with van der Waals surface area (Å²) in [4.78, 5) is 11.5. The van der Waals surface area contributed by atoms with Crippen LogP contribution in [0.15, 0.2) is 27.6 Å². The Morgan fingerprint density at radius 1 is 1.47 bits per heavy atom. The van der Waals surface area contributed by atoms with E-state index in [1.54, 1.807) is 0 Å². The van der Waals surface area contributed by atoms with Gasteiger partial charge in [-0.05, 0) is 40.5 Å². The van der Waals surface area contributed by atoms with Crippen molar-refractivity contribution >= 4 is 31.9 Å². The van der Waals surface area contributed by atoms with Crippen molar-refractivity contribution in [1.82, 2.24) is 5.32 Å². The fourth-order valence-corrected chi connectivity index (χ4v) is 2.76. The molecule has 1 aromatic carbocycles. The number of hydrogen-bond donors (Lipinski definition) is 2. The summed E-state index contributed by atoms with van der Waals surface area (Å²) < 4.78 is 22.9. The lowest BCUT2D eigenvalue weighted by Crippen LogP contribution is -2.24. The molecular formula is C10H13BrN2O3S. The summed E-state index contributed by atoms with van der Waals surface area (Å²) in [5.74, 6) is -0.316. The standard InChI is InChI=1S/C10H13BrN2O3S/c1-2-5-13-10(14)7-3-4-8(11)9(6-7)17(12,15)16/h3-4,6H,2,5H2,1H3,(H,13,14)(H2,12,15,16). The molecule has 1 amide bonds. The van der Waals surface area contributed by atoms with Crippen LogP contribution in [-0.2, 0) is 10.0 Å². The van der Waals surface area contributed by atoms with Crippen LogP contribution in [0.1, 0.15) is 23.7 Å². The number of benzene rings is 1. The number of nitrogens with one attached hydrogen (secondary N) is 1. The molecule has 0 saturated heterocycles. The Balaban J connectivity index is 3.09. The molecule has 0 saturated carbocycles. The molecule has 3 N–H and O–H groups in total. The highest BCUT2D eigenvalue weighted by Crippen LogP contribution is 2.21. The Kier molecular flexibility index (Phi) is 4.67. The van der Waals surface area contributed by atoms with Crippen LogP contribution in [0, 0.1) is 0 Å². The molecule has 0 heterocycles. The molecule has 0 radical (unpaired) electrons. The van der Waals surface area contributed by atoms with Crippen molar-refractivity contribution < 1.29 is 13.2 Å². The number of halogens is 1. The van der Waals surface area contributed by atoms with E-state index in [1.165, 1.54) is 18.2 Å². The van der Waals surface area contributed by atoms with E-state index in [-0.39, 0.29) is 16.4 Å². The van der Waals surface area contributed by atoms with Crippen molar-refractivity contribution in [2.75, 3.05) is 6.54 Å². The SMILES string of the molecule is CCCNC(=O)c1ccc(Br)c(S(N)(=O)=O)c1. The number of nitrogens with two attached hydrogens (primary N) is 1. The lowest BCUT2D eigenvalue weighted by Gasteiger charge is -2.06. The highest BCUT2D eigenvalue weighted by Gasteiger charge is 2.15. The van der Waals surface area contributed by atoms with Crippen LogP contribution in [0.2, 0.25) is 0 Å². The van der Waals surface area contributed by atoms with E-state index in [9.17, 15) is 13.2 Å². The predicted molar refractivity (Wildman–Crippen MR) is 68.1 cm³/mol. The Labute approximate surface area is 109 Å². The van der Waals surface area contributed by atoms with E-state index >= 15 is 0 Å². The number of hydrogen-bond acceptors (Lipinski definition) is 3. The maximum Gasteiger partial charge on any atom is 0.251 e. The number of amides is 1. The van der Waals surface area contributed by atoms with Gasteiger partial charge < -0.3 is 5.32 Å². The molecule has 7 heteroatoms. The minimum Gasteiger partial charge on any atom is -0.352 e. The summed E-state index contributed by atoms with van der Waals surface area (Å²) in [5, 5.41) is 7.69. The van der Waals surface area contributed by atoms with Gasteiger partial charge in [0.1, 0.15) is 0 Å². The molecule has 5 nitrogen and oxygen atoms in total. The lowest BCUT2D eigenvalue weighted by molar-refractivity contribution is 0.0953. The number of sulfonamides is 1. The zero-order valence-electron chi connectivity index (χ0n) is 9.23. The first-order valence-electron chi connectivity index (χ1n) is 4.96. The molecule has 94 valence electrons. The average molecular weight is 321 g/mol. The molecule has 1 rings (SSSR count). The second-order valence-corrected chi connectivity index (χ2v) is 5.83. The average Bonchev–Trinajstić information content (AvgIpc) is 2.25. The van der Waals surface area contributed by atoms with E-state index in [0.717, 1.165) is 6.42 Å². The van der Waals surface area contributed by atoms with E-state index in [0.29, 0.717) is 11.0 Å².